The number of carbonyl (C=O) groups excluding carboxylic acids is 7. The standard InChI is InChI=1S/C80H106ClN11O26S/c1-8-9-10-11-12-13-14-15-24-119(111,112)86-23-22-85-34-45-50(95)31-44-58(66(45)99)43-27-39(16-19-49(43)94)59-74(105)92-63(77(108)90-61(44)78(109)110)65(98)41-18-21-52(46(81)28-41)115-54-30-42-29-53(69(54)118-79-70(68(101)67(100)55(35-93)116-79)117-57-33-80(6,83)71(102)38(5)113-57)114-51-20-17-40(26-37(51)4)64(97)62(91-72(103)47(84-7)25-36(2)3)76(107)87-48(32-56(82)96)73(104)88-60(42)75(106)89-59/h16-21,26-31,36,38,47-48,55,57,59-65,67-68,70-71,79,84-86,93-95,97-102H,8-15,22-25,32-35,83H2,1-7H3,(H2,82,96)(H,87,107)(H,88,104)(H,89,106)(H,90,108)(H,91,103)(H,92,105)(H,109,110)/t38-,47+,48-,55+,57-,59+,60+,61-,62+,63-,64+,65+,67+,68-,70+,71+,79-,80-/m0/s1. The van der Waals surface area contributed by atoms with Crippen LogP contribution < -0.4 is 72.9 Å². The summed E-state index contributed by atoms with van der Waals surface area (Å²) in [4.78, 5) is 119. The van der Waals surface area contributed by atoms with Crippen LogP contribution in [0.1, 0.15) is 175 Å². The SMILES string of the molecule is CCCCCCCCCCS(=O)(=O)NCCNCc1c(O)cc2c(c1O)-c1cc(ccc1O)[C@H]1NC(=O)[C@@H]3NC(=O)[C@H](CC(N)=O)NC(=O)[C@H](NC(=O)[C@@H](CC(C)C)NC)[C@H](O)c4ccc(c(C)c4)Oc4cc3cc(c4O[C@@H]3O[C@H](CO)[C@@H](O)[C@H](O)[C@H]3O[C@H]3C[C@](C)(N)[C@H](O)[C@H](C)O3)Oc3ccc(cc3Cl)[C@@H](O)[C@H](NC1=O)C(=O)N[C@@H]2C(=O)O. The lowest BCUT2D eigenvalue weighted by Crippen LogP contribution is -2.64. The Kier molecular flexibility index (Phi) is 30.6. The molecule has 39 heteroatoms. The number of phenolic OH excluding ortho intramolecular Hbond substituents is 3. The van der Waals surface area contributed by atoms with Gasteiger partial charge in [-0.25, -0.2) is 17.9 Å². The Morgan fingerprint density at radius 1 is 0.723 bits per heavy atom. The third kappa shape index (κ3) is 22.0. The summed E-state index contributed by atoms with van der Waals surface area (Å²) in [5, 5.41) is 138. The van der Waals surface area contributed by atoms with Crippen molar-refractivity contribution in [3.8, 4) is 57.1 Å². The first-order chi connectivity index (χ1) is 56.3. The molecule has 0 saturated carbocycles. The van der Waals surface area contributed by atoms with Crippen molar-refractivity contribution < 1.29 is 126 Å². The second-order valence-corrected chi connectivity index (χ2v) is 33.5. The van der Waals surface area contributed by atoms with Gasteiger partial charge in [0.1, 0.15) is 89.5 Å². The van der Waals surface area contributed by atoms with Crippen LogP contribution in [-0.4, -0.2) is 218 Å². The molecule has 2 fully saturated rings. The Bertz CT molecular complexity index is 4680. The monoisotopic (exact) mass is 1700 g/mol. The second kappa shape index (κ2) is 39.7. The Balaban J connectivity index is 1.16. The van der Waals surface area contributed by atoms with Gasteiger partial charge in [0.15, 0.2) is 29.9 Å². The predicted molar refractivity (Wildman–Crippen MR) is 425 cm³/mol. The van der Waals surface area contributed by atoms with Gasteiger partial charge in [0.2, 0.25) is 63.4 Å². The van der Waals surface area contributed by atoms with E-state index in [1.165, 1.54) is 46.0 Å². The number of hydrogen-bond donors (Lipinski definition) is 21. The number of halogens is 1. The lowest BCUT2D eigenvalue weighted by Gasteiger charge is -2.47. The summed E-state index contributed by atoms with van der Waals surface area (Å²) in [7, 11) is -2.27. The molecule has 0 unspecified atom stereocenters. The number of likely N-dealkylation sites (N-methyl/N-ethyl adjacent to an activating group) is 1. The van der Waals surface area contributed by atoms with E-state index < -0.39 is 259 Å². The minimum Gasteiger partial charge on any atom is -0.507 e. The highest BCUT2D eigenvalue weighted by molar-refractivity contribution is 7.89. The third-order valence-corrected chi connectivity index (χ3v) is 23.3. The fourth-order valence-electron chi connectivity index (χ4n) is 14.9. The number of benzene rings is 5. The molecule has 11 bridgehead atoms. The molecule has 119 heavy (non-hydrogen) atoms. The minimum absolute atomic E-state index is 0.0460. The van der Waals surface area contributed by atoms with Gasteiger partial charge in [-0.3, -0.25) is 33.6 Å². The third-order valence-electron chi connectivity index (χ3n) is 21.5. The number of aliphatic hydroxyl groups excluding tert-OH is 6. The molecule has 0 radical (unpaired) electrons. The summed E-state index contributed by atoms with van der Waals surface area (Å²) >= 11 is 7.15. The lowest BCUT2D eigenvalue weighted by molar-refractivity contribution is -0.333. The molecule has 2 saturated heterocycles. The number of rotatable bonds is 28. The number of aliphatic hydroxyl groups is 6. The number of unbranched alkanes of at least 4 members (excludes halogenated alkanes) is 7. The molecule has 650 valence electrons. The average Bonchev–Trinajstić information content (AvgIpc) is 0.753. The highest BCUT2D eigenvalue weighted by Crippen LogP contribution is 2.50. The van der Waals surface area contributed by atoms with Crippen LogP contribution in [-0.2, 0) is 69.1 Å². The number of sulfonamides is 1. The fourth-order valence-corrected chi connectivity index (χ4v) is 16.3. The van der Waals surface area contributed by atoms with Crippen molar-refractivity contribution >= 4 is 68.9 Å². The highest BCUT2D eigenvalue weighted by atomic mass is 35.5. The molecule has 23 N–H and O–H groups in total. The fraction of sp³-hybridized carbons (Fsp3) is 0.525. The molecular weight excluding hydrogens is 1600 g/mol. The molecule has 0 aromatic heterocycles. The van der Waals surface area contributed by atoms with Crippen LogP contribution in [0.25, 0.3) is 11.1 Å². The van der Waals surface area contributed by atoms with E-state index in [9.17, 15) is 73.9 Å². The molecule has 7 amide bonds. The molecule has 5 aromatic rings. The van der Waals surface area contributed by atoms with Gasteiger partial charge in [-0.1, -0.05) is 95.5 Å². The van der Waals surface area contributed by atoms with Crippen molar-refractivity contribution in [1.82, 2.24) is 47.3 Å². The van der Waals surface area contributed by atoms with Crippen molar-refractivity contribution in [3.63, 3.8) is 0 Å². The first-order valence-electron chi connectivity index (χ1n) is 39.3. The van der Waals surface area contributed by atoms with Gasteiger partial charge >= 0.3 is 5.97 Å². The van der Waals surface area contributed by atoms with Crippen LogP contribution in [0.15, 0.2) is 72.8 Å². The van der Waals surface area contributed by atoms with Crippen molar-refractivity contribution in [1.29, 1.82) is 0 Å². The van der Waals surface area contributed by atoms with Crippen LogP contribution in [0, 0.1) is 12.8 Å². The number of carboxylic acids is 1. The molecule has 7 aliphatic rings. The normalized spacial score (nSPS) is 26.9. The number of aryl methyl sites for hydroxylation is 1. The van der Waals surface area contributed by atoms with Crippen LogP contribution >= 0.6 is 11.6 Å². The molecule has 7 heterocycles. The maximum absolute atomic E-state index is 16.3. The van der Waals surface area contributed by atoms with Crippen LogP contribution in [0.3, 0.4) is 0 Å². The molecular formula is C80H106ClN11O26S. The van der Waals surface area contributed by atoms with Crippen LogP contribution in [0.2, 0.25) is 5.02 Å². The summed E-state index contributed by atoms with van der Waals surface area (Å²) in [6.45, 7) is 8.53. The van der Waals surface area contributed by atoms with E-state index >= 15 is 24.0 Å². The number of phenols is 3. The average molecular weight is 1710 g/mol. The number of nitrogens with two attached hydrogens (primary N) is 2. The largest absolute Gasteiger partial charge is 0.507 e. The number of nitrogens with one attached hydrogen (secondary N) is 9. The Labute approximate surface area is 690 Å². The first kappa shape index (κ1) is 91.7. The Morgan fingerprint density at radius 2 is 1.35 bits per heavy atom. The van der Waals surface area contributed by atoms with Crippen molar-refractivity contribution in [2.45, 2.75) is 228 Å². The van der Waals surface area contributed by atoms with E-state index in [0.29, 0.717) is 12.8 Å². The number of aromatic hydroxyl groups is 3. The van der Waals surface area contributed by atoms with E-state index in [2.05, 4.69) is 54.2 Å². The number of primary amides is 1. The van der Waals surface area contributed by atoms with E-state index in [0.717, 1.165) is 93.1 Å². The van der Waals surface area contributed by atoms with Gasteiger partial charge in [-0.2, -0.15) is 0 Å². The topological polar surface area (TPSA) is 589 Å². The predicted octanol–water partition coefficient (Wildman–Crippen LogP) is 1.91. The summed E-state index contributed by atoms with van der Waals surface area (Å²) in [5.41, 5.74) is 7.76. The summed E-state index contributed by atoms with van der Waals surface area (Å²) in [5.74, 6) is -16.1. The molecule has 7 aliphatic heterocycles. The zero-order chi connectivity index (χ0) is 86.8. The molecule has 18 atom stereocenters. The number of ether oxygens (including phenoxy) is 6. The first-order valence-corrected chi connectivity index (χ1v) is 41.3. The lowest BCUT2D eigenvalue weighted by atomic mass is 9.86. The molecule has 37 nitrogen and oxygen atoms in total. The Hall–Kier alpha value is -9.62. The van der Waals surface area contributed by atoms with Gasteiger partial charge < -0.3 is 133 Å². The zero-order valence-electron chi connectivity index (χ0n) is 66.6. The smallest absolute Gasteiger partial charge is 0.330 e. The number of carbonyl (C=O) groups is 8. The Morgan fingerprint density at radius 3 is 1.98 bits per heavy atom. The molecule has 0 aliphatic carbocycles. The van der Waals surface area contributed by atoms with E-state index in [1.54, 1.807) is 0 Å². The number of carboxylic acid groups (broad SMARTS) is 1. The second-order valence-electron chi connectivity index (χ2n) is 31.2. The molecule has 5 aromatic carbocycles. The van der Waals surface area contributed by atoms with Gasteiger partial charge in [-0.05, 0) is 129 Å². The number of fused-ring (bicyclic) bond motifs is 15. The molecule has 0 spiro atoms. The zero-order valence-corrected chi connectivity index (χ0v) is 68.2. The molecule has 12 rings (SSSR count). The highest BCUT2D eigenvalue weighted by Gasteiger charge is 2.52. The summed E-state index contributed by atoms with van der Waals surface area (Å²) < 4.78 is 67.4. The van der Waals surface area contributed by atoms with Crippen LogP contribution in [0.5, 0.6) is 46.0 Å². The maximum atomic E-state index is 16.3. The summed E-state index contributed by atoms with van der Waals surface area (Å²) in [6.07, 6.45) is -11.2. The number of amides is 7. The van der Waals surface area contributed by atoms with E-state index in [1.807, 2.05) is 13.8 Å². The van der Waals surface area contributed by atoms with Gasteiger partial charge in [0, 0.05) is 48.3 Å². The van der Waals surface area contributed by atoms with Gasteiger partial charge in [-0.15, -0.1) is 0 Å². The summed E-state index contributed by atoms with van der Waals surface area (Å²) in [6, 6.07) is -1.16. The van der Waals surface area contributed by atoms with Crippen molar-refractivity contribution in [2.75, 3.05) is 32.5 Å². The number of hydrogen-bond acceptors (Lipinski definition) is 28. The van der Waals surface area contributed by atoms with Crippen LogP contribution in [0.4, 0.5) is 0 Å². The minimum atomic E-state index is -3.76. The van der Waals surface area contributed by atoms with E-state index in [4.69, 9.17) is 51.5 Å². The van der Waals surface area contributed by atoms with Gasteiger partial charge in [0.25, 0.3) is 0 Å². The van der Waals surface area contributed by atoms with Crippen molar-refractivity contribution in [3.05, 3.63) is 117 Å². The quantitative estimate of drug-likeness (QED) is 0.0318. The number of aliphatic carboxylic acids is 1. The van der Waals surface area contributed by atoms with Crippen molar-refractivity contribution in [2.24, 2.45) is 17.4 Å². The maximum Gasteiger partial charge on any atom is 0.330 e. The van der Waals surface area contributed by atoms with E-state index in [-0.39, 0.29) is 65.6 Å². The van der Waals surface area contributed by atoms with Gasteiger partial charge in [0.05, 0.1) is 47.6 Å².